The van der Waals surface area contributed by atoms with E-state index in [9.17, 15) is 14.4 Å². The lowest BCUT2D eigenvalue weighted by atomic mass is 10.2. The smallest absolute Gasteiger partial charge is 0.330 e. The van der Waals surface area contributed by atoms with E-state index < -0.39 is 11.2 Å². The van der Waals surface area contributed by atoms with Gasteiger partial charge in [0, 0.05) is 18.0 Å². The molecule has 2 aromatic rings. The molecule has 1 amide bonds. The highest BCUT2D eigenvalue weighted by molar-refractivity contribution is 8.00. The molecule has 0 saturated heterocycles. The molecule has 0 spiro atoms. The fourth-order valence-corrected chi connectivity index (χ4v) is 3.90. The van der Waals surface area contributed by atoms with Gasteiger partial charge in [-0.2, -0.15) is 0 Å². The lowest BCUT2D eigenvalue weighted by Gasteiger charge is -2.23. The molecule has 0 radical (unpaired) electrons. The Balaban J connectivity index is 2.29. The van der Waals surface area contributed by atoms with Gasteiger partial charge < -0.3 is 10.6 Å². The minimum absolute atomic E-state index is 0.0360. The van der Waals surface area contributed by atoms with Crippen molar-refractivity contribution < 1.29 is 4.79 Å². The van der Waals surface area contributed by atoms with Crippen molar-refractivity contribution in [3.05, 3.63) is 50.2 Å². The normalized spacial score (nSPS) is 10.9. The van der Waals surface area contributed by atoms with Crippen LogP contribution in [0.4, 0.5) is 11.5 Å². The van der Waals surface area contributed by atoms with Crippen LogP contribution in [0.5, 0.6) is 0 Å². The van der Waals surface area contributed by atoms with E-state index in [-0.39, 0.29) is 29.7 Å². The fraction of sp³-hybridized carbons (Fsp3) is 0.450. The molecule has 152 valence electrons. The first-order valence-corrected chi connectivity index (χ1v) is 10.4. The van der Waals surface area contributed by atoms with Gasteiger partial charge in [0.25, 0.3) is 5.56 Å². The largest absolute Gasteiger partial charge is 0.383 e. The second-order valence-corrected chi connectivity index (χ2v) is 7.71. The number of aryl methyl sites for hydroxylation is 2. The molecule has 0 aliphatic carbocycles. The zero-order valence-corrected chi connectivity index (χ0v) is 17.7. The highest BCUT2D eigenvalue weighted by atomic mass is 32.2. The van der Waals surface area contributed by atoms with Crippen LogP contribution in [0.15, 0.2) is 32.7 Å². The van der Waals surface area contributed by atoms with Gasteiger partial charge in [0.05, 0.1) is 5.75 Å². The number of hydrogen-bond acceptors (Lipinski definition) is 5. The number of unbranched alkanes of at least 4 members (excludes halogenated alkanes) is 1. The van der Waals surface area contributed by atoms with Gasteiger partial charge in [0.15, 0.2) is 5.69 Å². The Morgan fingerprint density at radius 1 is 1.25 bits per heavy atom. The van der Waals surface area contributed by atoms with Crippen LogP contribution < -0.4 is 21.9 Å². The van der Waals surface area contributed by atoms with E-state index >= 15 is 0 Å². The number of thioether (sulfide) groups is 1. The first kappa shape index (κ1) is 21.8. The van der Waals surface area contributed by atoms with Crippen molar-refractivity contribution in [3.8, 4) is 0 Å². The summed E-state index contributed by atoms with van der Waals surface area (Å²) in [6.45, 7) is 8.48. The van der Waals surface area contributed by atoms with Crippen molar-refractivity contribution >= 4 is 29.2 Å². The Hall–Kier alpha value is -2.48. The Morgan fingerprint density at radius 2 is 1.96 bits per heavy atom. The molecule has 0 aliphatic heterocycles. The number of hydrogen-bond donors (Lipinski definition) is 2. The molecule has 7 nitrogen and oxygen atoms in total. The quantitative estimate of drug-likeness (QED) is 0.659. The van der Waals surface area contributed by atoms with Crippen LogP contribution in [-0.4, -0.2) is 27.8 Å². The molecule has 8 heteroatoms. The number of amides is 1. The number of H-pyrrole nitrogens is 1. The number of nitrogens with two attached hydrogens (primary N) is 1. The average Bonchev–Trinajstić information content (AvgIpc) is 2.64. The first-order valence-electron chi connectivity index (χ1n) is 9.43. The number of carbonyl (C=O) groups excluding carboxylic acids is 1. The van der Waals surface area contributed by atoms with Gasteiger partial charge in [-0.05, 0) is 38.8 Å². The van der Waals surface area contributed by atoms with Crippen LogP contribution >= 0.6 is 11.8 Å². The number of benzene rings is 1. The molecular formula is C20H28N4O3S. The molecule has 0 unspecified atom stereocenters. The summed E-state index contributed by atoms with van der Waals surface area (Å²) in [4.78, 5) is 42.0. The first-order chi connectivity index (χ1) is 13.3. The number of nitrogens with one attached hydrogen (secondary N) is 1. The highest BCUT2D eigenvalue weighted by Crippen LogP contribution is 2.25. The number of anilines is 2. The molecule has 1 heterocycles. The Bertz CT molecular complexity index is 965. The van der Waals surface area contributed by atoms with E-state index in [1.165, 1.54) is 21.2 Å². The molecule has 1 aromatic carbocycles. The molecule has 0 bridgehead atoms. The van der Waals surface area contributed by atoms with Gasteiger partial charge in [0.1, 0.15) is 5.82 Å². The van der Waals surface area contributed by atoms with Crippen LogP contribution in [0.25, 0.3) is 0 Å². The number of aromatic amines is 1. The molecule has 0 aliphatic rings. The molecule has 0 fully saturated rings. The Labute approximate surface area is 168 Å². The Kier molecular flexibility index (Phi) is 7.51. The van der Waals surface area contributed by atoms with Crippen molar-refractivity contribution in [1.82, 2.24) is 9.55 Å². The summed E-state index contributed by atoms with van der Waals surface area (Å²) in [7, 11) is 0. The maximum atomic E-state index is 12.9. The van der Waals surface area contributed by atoms with Crippen molar-refractivity contribution in [1.29, 1.82) is 0 Å². The average molecular weight is 405 g/mol. The number of aromatic nitrogens is 2. The van der Waals surface area contributed by atoms with Crippen LogP contribution in [0, 0.1) is 13.8 Å². The number of nitrogen functional groups attached to an aromatic ring is 1. The standard InChI is InChI=1S/C20H28N4O3S/c1-5-7-10-24-18(21)17(19(26)22-20(24)27)23(6-2)16(25)12-28-15-9-8-13(3)11-14(15)4/h8-9,11H,5-7,10,12,21H2,1-4H3,(H,22,26,27). The number of carbonyl (C=O) groups is 1. The van der Waals surface area contributed by atoms with Gasteiger partial charge in [-0.3, -0.25) is 19.1 Å². The highest BCUT2D eigenvalue weighted by Gasteiger charge is 2.23. The van der Waals surface area contributed by atoms with Crippen molar-refractivity contribution in [2.45, 2.75) is 52.0 Å². The van der Waals surface area contributed by atoms with E-state index in [4.69, 9.17) is 5.73 Å². The van der Waals surface area contributed by atoms with Crippen LogP contribution in [-0.2, 0) is 11.3 Å². The summed E-state index contributed by atoms with van der Waals surface area (Å²) in [5.74, 6) is -0.0238. The zero-order chi connectivity index (χ0) is 20.8. The summed E-state index contributed by atoms with van der Waals surface area (Å²) in [6, 6.07) is 6.06. The number of nitrogens with zero attached hydrogens (tertiary/aromatic N) is 2. The molecule has 3 N–H and O–H groups in total. The summed E-state index contributed by atoms with van der Waals surface area (Å²) >= 11 is 1.42. The molecule has 28 heavy (non-hydrogen) atoms. The molecular weight excluding hydrogens is 376 g/mol. The van der Waals surface area contributed by atoms with Gasteiger partial charge in [0.2, 0.25) is 5.91 Å². The van der Waals surface area contributed by atoms with Crippen LogP contribution in [0.3, 0.4) is 0 Å². The Morgan fingerprint density at radius 3 is 2.57 bits per heavy atom. The van der Waals surface area contributed by atoms with Gasteiger partial charge in [-0.15, -0.1) is 11.8 Å². The third-order valence-corrected chi connectivity index (χ3v) is 5.68. The summed E-state index contributed by atoms with van der Waals surface area (Å²) in [6.07, 6.45) is 1.63. The van der Waals surface area contributed by atoms with Gasteiger partial charge in [-0.25, -0.2) is 4.79 Å². The van der Waals surface area contributed by atoms with E-state index in [1.807, 2.05) is 32.9 Å². The topological polar surface area (TPSA) is 101 Å². The molecule has 0 saturated carbocycles. The van der Waals surface area contributed by atoms with E-state index in [0.717, 1.165) is 28.9 Å². The second-order valence-electron chi connectivity index (χ2n) is 6.69. The molecule has 1 aromatic heterocycles. The van der Waals surface area contributed by atoms with Crippen molar-refractivity contribution in [3.63, 3.8) is 0 Å². The van der Waals surface area contributed by atoms with Gasteiger partial charge in [-0.1, -0.05) is 31.0 Å². The van der Waals surface area contributed by atoms with Crippen molar-refractivity contribution in [2.75, 3.05) is 22.9 Å². The fourth-order valence-electron chi connectivity index (χ4n) is 3.01. The monoisotopic (exact) mass is 404 g/mol. The predicted octanol–water partition coefficient (Wildman–Crippen LogP) is 2.68. The minimum Gasteiger partial charge on any atom is -0.383 e. The molecule has 2 rings (SSSR count). The van der Waals surface area contributed by atoms with Crippen LogP contribution in [0.1, 0.15) is 37.8 Å². The van der Waals surface area contributed by atoms with E-state index in [2.05, 4.69) is 11.1 Å². The molecule has 0 atom stereocenters. The van der Waals surface area contributed by atoms with Gasteiger partial charge >= 0.3 is 5.69 Å². The zero-order valence-electron chi connectivity index (χ0n) is 16.9. The SMILES string of the molecule is CCCCn1c(N)c(N(CC)C(=O)CSc2ccc(C)cc2C)c(=O)[nH]c1=O. The maximum absolute atomic E-state index is 12.9. The maximum Gasteiger partial charge on any atom is 0.330 e. The third-order valence-electron chi connectivity index (χ3n) is 4.52. The van der Waals surface area contributed by atoms with Crippen molar-refractivity contribution in [2.24, 2.45) is 0 Å². The summed E-state index contributed by atoms with van der Waals surface area (Å²) in [5.41, 5.74) is 7.26. The third kappa shape index (κ3) is 4.86. The van der Waals surface area contributed by atoms with E-state index in [1.54, 1.807) is 6.92 Å². The summed E-state index contributed by atoms with van der Waals surface area (Å²) in [5, 5.41) is 0. The summed E-state index contributed by atoms with van der Waals surface area (Å²) < 4.78 is 1.33. The number of rotatable bonds is 8. The second kappa shape index (κ2) is 9.64. The minimum atomic E-state index is -0.637. The lowest BCUT2D eigenvalue weighted by Crippen LogP contribution is -2.41. The van der Waals surface area contributed by atoms with E-state index in [0.29, 0.717) is 6.54 Å². The van der Waals surface area contributed by atoms with Crippen LogP contribution in [0.2, 0.25) is 0 Å². The predicted molar refractivity (Wildman–Crippen MR) is 115 cm³/mol. The lowest BCUT2D eigenvalue weighted by molar-refractivity contribution is -0.116.